The van der Waals surface area contributed by atoms with Crippen molar-refractivity contribution in [3.8, 4) is 23.7 Å². The van der Waals surface area contributed by atoms with Crippen molar-refractivity contribution in [2.75, 3.05) is 0 Å². The van der Waals surface area contributed by atoms with Crippen molar-refractivity contribution >= 4 is 34.2 Å². The smallest absolute Gasteiger partial charge is 0.170 e. The molecule has 0 radical (unpaired) electrons. The van der Waals surface area contributed by atoms with Gasteiger partial charge < -0.3 is 0 Å². The molecule has 0 aliphatic heterocycles. The van der Waals surface area contributed by atoms with Crippen LogP contribution in [0.3, 0.4) is 0 Å². The van der Waals surface area contributed by atoms with E-state index < -0.39 is 0 Å². The van der Waals surface area contributed by atoms with Gasteiger partial charge in [-0.1, -0.05) is 27.7 Å². The molecule has 2 aliphatic carbocycles. The standard InChI is InChI=1S/2C17H16N2OS/c1-11-10-21-16(18-11)7-5-12-4-6-13-14(19-12)8-17(2,3)9-15(13)20;1-11-10-21-15(18-11)7-5-12-4-6-13-14(19-12)8-9-17(2,3)16(13)20/h2*4,6,10H,8-9H2,1-3H3. The summed E-state index contributed by atoms with van der Waals surface area (Å²) in [4.78, 5) is 42.2. The van der Waals surface area contributed by atoms with Crippen LogP contribution >= 0.6 is 22.7 Å². The van der Waals surface area contributed by atoms with Gasteiger partial charge in [-0.2, -0.15) is 0 Å². The molecule has 6 nitrogen and oxygen atoms in total. The molecule has 0 fully saturated rings. The van der Waals surface area contributed by atoms with E-state index in [-0.39, 0.29) is 22.4 Å². The maximum atomic E-state index is 12.3. The Balaban J connectivity index is 0.000000168. The first kappa shape index (κ1) is 29.5. The van der Waals surface area contributed by atoms with Crippen LogP contribution in [-0.4, -0.2) is 31.5 Å². The average Bonchev–Trinajstić information content (AvgIpc) is 3.55. The monoisotopic (exact) mass is 592 g/mol. The van der Waals surface area contributed by atoms with Gasteiger partial charge in [-0.05, 0) is 86.5 Å². The molecule has 0 atom stereocenters. The minimum atomic E-state index is -0.277. The van der Waals surface area contributed by atoms with Crippen molar-refractivity contribution < 1.29 is 9.59 Å². The number of aromatic nitrogens is 4. The summed E-state index contributed by atoms with van der Waals surface area (Å²) in [5.74, 6) is 12.5. The van der Waals surface area contributed by atoms with Crippen LogP contribution in [0.25, 0.3) is 0 Å². The van der Waals surface area contributed by atoms with Crippen LogP contribution in [0.1, 0.15) is 105 Å². The molecule has 42 heavy (non-hydrogen) atoms. The second-order valence-corrected chi connectivity index (χ2v) is 13.8. The fourth-order valence-electron chi connectivity index (χ4n) is 4.94. The molecule has 4 aromatic heterocycles. The lowest BCUT2D eigenvalue weighted by Crippen LogP contribution is -2.31. The van der Waals surface area contributed by atoms with Gasteiger partial charge in [-0.15, -0.1) is 22.7 Å². The van der Waals surface area contributed by atoms with Crippen LogP contribution in [0.15, 0.2) is 35.0 Å². The molecular weight excluding hydrogens is 561 g/mol. The van der Waals surface area contributed by atoms with Gasteiger partial charge in [0.15, 0.2) is 21.6 Å². The van der Waals surface area contributed by atoms with Crippen LogP contribution in [-0.2, 0) is 12.8 Å². The first-order chi connectivity index (χ1) is 19.9. The number of Topliss-reactive ketones (excluding diaryl/α,β-unsaturated/α-hetero) is 2. The molecule has 0 saturated carbocycles. The fraction of sp³-hybridized carbons (Fsp3) is 0.353. The van der Waals surface area contributed by atoms with Crippen molar-refractivity contribution in [1.82, 2.24) is 19.9 Å². The topological polar surface area (TPSA) is 85.7 Å². The van der Waals surface area contributed by atoms with Crippen molar-refractivity contribution in [1.29, 1.82) is 0 Å². The fourth-order valence-corrected chi connectivity index (χ4v) is 6.22. The Morgan fingerprint density at radius 3 is 1.79 bits per heavy atom. The third-order valence-corrected chi connectivity index (χ3v) is 8.96. The Kier molecular flexibility index (Phi) is 8.23. The van der Waals surface area contributed by atoms with Crippen LogP contribution in [0.4, 0.5) is 0 Å². The van der Waals surface area contributed by atoms with E-state index in [0.717, 1.165) is 63.2 Å². The van der Waals surface area contributed by atoms with Gasteiger partial charge >= 0.3 is 0 Å². The molecule has 0 unspecified atom stereocenters. The summed E-state index contributed by atoms with van der Waals surface area (Å²) in [5, 5.41) is 5.55. The summed E-state index contributed by atoms with van der Waals surface area (Å²) in [7, 11) is 0. The highest BCUT2D eigenvalue weighted by atomic mass is 32.1. The lowest BCUT2D eigenvalue weighted by atomic mass is 9.75. The van der Waals surface area contributed by atoms with Crippen molar-refractivity contribution in [2.24, 2.45) is 10.8 Å². The molecule has 2 aliphatic rings. The minimum Gasteiger partial charge on any atom is -0.294 e. The highest BCUT2D eigenvalue weighted by Gasteiger charge is 2.35. The van der Waals surface area contributed by atoms with Crippen LogP contribution in [0.5, 0.6) is 0 Å². The summed E-state index contributed by atoms with van der Waals surface area (Å²) in [5.41, 5.74) is 6.33. The van der Waals surface area contributed by atoms with E-state index in [1.807, 2.05) is 62.7 Å². The molecule has 212 valence electrons. The molecule has 0 bridgehead atoms. The van der Waals surface area contributed by atoms with Crippen molar-refractivity contribution in [2.45, 2.75) is 67.2 Å². The Hall–Kier alpha value is -3.98. The van der Waals surface area contributed by atoms with Crippen LogP contribution in [0.2, 0.25) is 0 Å². The maximum Gasteiger partial charge on any atom is 0.170 e. The van der Waals surface area contributed by atoms with Gasteiger partial charge in [0, 0.05) is 45.1 Å². The summed E-state index contributed by atoms with van der Waals surface area (Å²) in [6, 6.07) is 7.37. The predicted molar refractivity (Wildman–Crippen MR) is 167 cm³/mol. The van der Waals surface area contributed by atoms with Gasteiger partial charge in [0.1, 0.15) is 11.4 Å². The number of aryl methyl sites for hydroxylation is 3. The largest absolute Gasteiger partial charge is 0.294 e. The highest BCUT2D eigenvalue weighted by Crippen LogP contribution is 2.34. The molecule has 0 spiro atoms. The first-order valence-electron chi connectivity index (χ1n) is 13.8. The molecule has 4 heterocycles. The van der Waals surface area contributed by atoms with E-state index in [4.69, 9.17) is 0 Å². The lowest BCUT2D eigenvalue weighted by Gasteiger charge is -2.29. The number of nitrogens with zero attached hydrogens (tertiary/aromatic N) is 4. The zero-order chi connectivity index (χ0) is 30.1. The summed E-state index contributed by atoms with van der Waals surface area (Å²) in [6.45, 7) is 12.1. The number of thiazole rings is 2. The van der Waals surface area contributed by atoms with Crippen LogP contribution in [0, 0.1) is 48.4 Å². The number of hydrogen-bond acceptors (Lipinski definition) is 8. The minimum absolute atomic E-state index is 0.0183. The van der Waals surface area contributed by atoms with E-state index in [9.17, 15) is 9.59 Å². The van der Waals surface area contributed by atoms with Gasteiger partial charge in [0.25, 0.3) is 0 Å². The lowest BCUT2D eigenvalue weighted by molar-refractivity contribution is 0.0809. The third kappa shape index (κ3) is 6.90. The molecule has 0 aromatic carbocycles. The highest BCUT2D eigenvalue weighted by molar-refractivity contribution is 7.10. The number of fused-ring (bicyclic) bond motifs is 2. The number of rotatable bonds is 0. The Morgan fingerprint density at radius 2 is 1.24 bits per heavy atom. The molecular formula is C34H32N4O2S2. The Morgan fingerprint density at radius 1 is 0.690 bits per heavy atom. The zero-order valence-electron chi connectivity index (χ0n) is 24.7. The number of carbonyl (C=O) groups is 2. The second kappa shape index (κ2) is 11.7. The van der Waals surface area contributed by atoms with E-state index >= 15 is 0 Å². The van der Waals surface area contributed by atoms with Crippen LogP contribution < -0.4 is 0 Å². The second-order valence-electron chi connectivity index (χ2n) is 12.1. The van der Waals surface area contributed by atoms with E-state index in [1.165, 1.54) is 22.7 Å². The summed E-state index contributed by atoms with van der Waals surface area (Å²) < 4.78 is 0. The van der Waals surface area contributed by atoms with Crippen molar-refractivity contribution in [3.63, 3.8) is 0 Å². The predicted octanol–water partition coefficient (Wildman–Crippen LogP) is 6.80. The molecule has 8 heteroatoms. The number of pyridine rings is 2. The zero-order valence-corrected chi connectivity index (χ0v) is 26.3. The first-order valence-corrected chi connectivity index (χ1v) is 15.6. The normalized spacial score (nSPS) is 16.0. The molecule has 6 rings (SSSR count). The maximum absolute atomic E-state index is 12.3. The third-order valence-electron chi connectivity index (χ3n) is 7.21. The SMILES string of the molecule is Cc1csc(C#Cc2ccc3c(n2)CC(C)(C)CC3=O)n1.Cc1csc(C#Cc2ccc3c(n2)CCC(C)(C)C3=O)n1. The Labute approximate surface area is 255 Å². The van der Waals surface area contributed by atoms with Gasteiger partial charge in [-0.3, -0.25) is 9.59 Å². The number of ketones is 2. The van der Waals surface area contributed by atoms with Gasteiger partial charge in [0.05, 0.1) is 11.4 Å². The van der Waals surface area contributed by atoms with Crippen molar-refractivity contribution in [3.05, 3.63) is 90.3 Å². The summed E-state index contributed by atoms with van der Waals surface area (Å²) >= 11 is 3.06. The Bertz CT molecular complexity index is 1820. The van der Waals surface area contributed by atoms with Gasteiger partial charge in [-0.25, -0.2) is 19.9 Å². The molecule has 0 amide bonds. The van der Waals surface area contributed by atoms with Gasteiger partial charge in [0.2, 0.25) is 0 Å². The average molecular weight is 593 g/mol. The quantitative estimate of drug-likeness (QED) is 0.209. The van der Waals surface area contributed by atoms with E-state index in [0.29, 0.717) is 17.8 Å². The van der Waals surface area contributed by atoms with E-state index in [2.05, 4.69) is 57.5 Å². The summed E-state index contributed by atoms with van der Waals surface area (Å²) in [6.07, 6.45) is 3.08. The van der Waals surface area contributed by atoms with E-state index in [1.54, 1.807) is 0 Å². The molecule has 0 N–H and O–H groups in total. The number of carbonyl (C=O) groups excluding carboxylic acids is 2. The molecule has 0 saturated heterocycles. The molecule has 4 aromatic rings. The number of hydrogen-bond donors (Lipinski definition) is 0.